The van der Waals surface area contributed by atoms with E-state index < -0.39 is 18.1 Å². The zero-order chi connectivity index (χ0) is 25.2. The van der Waals surface area contributed by atoms with Crippen LogP contribution in [0.15, 0.2) is 86.9 Å². The van der Waals surface area contributed by atoms with E-state index in [9.17, 15) is 9.59 Å². The lowest BCUT2D eigenvalue weighted by atomic mass is 9.91. The molecule has 1 aliphatic carbocycles. The molecule has 0 spiro atoms. The quantitative estimate of drug-likeness (QED) is 0.481. The molecule has 36 heavy (non-hydrogen) atoms. The summed E-state index contributed by atoms with van der Waals surface area (Å²) in [5.41, 5.74) is 3.18. The number of aliphatic hydroxyl groups excluding tert-OH is 1. The molecule has 9 heteroatoms. The van der Waals surface area contributed by atoms with Crippen molar-refractivity contribution in [2.45, 2.75) is 31.3 Å². The Morgan fingerprint density at radius 3 is 2.58 bits per heavy atom. The lowest BCUT2D eigenvalue weighted by molar-refractivity contribution is -0.128. The number of halogens is 1. The average Bonchev–Trinajstić information content (AvgIpc) is 3.44. The Bertz CT molecular complexity index is 1300. The number of nitrogens with one attached hydrogen (secondary N) is 1. The molecule has 0 radical (unpaired) electrons. The molecule has 5 rings (SSSR count). The van der Waals surface area contributed by atoms with Crippen LogP contribution < -0.4 is 10.1 Å². The van der Waals surface area contributed by atoms with E-state index in [1.165, 1.54) is 4.90 Å². The van der Waals surface area contributed by atoms with Gasteiger partial charge in [-0.3, -0.25) is 9.69 Å². The summed E-state index contributed by atoms with van der Waals surface area (Å²) in [6.45, 7) is 2.07. The van der Waals surface area contributed by atoms with Gasteiger partial charge in [-0.25, -0.2) is 14.8 Å². The summed E-state index contributed by atoms with van der Waals surface area (Å²) >= 11 is 3.52. The topological polar surface area (TPSA) is 104 Å². The number of carbonyl (C=O) groups is 2. The predicted octanol–water partition coefficient (Wildman–Crippen LogP) is 4.24. The highest BCUT2D eigenvalue weighted by atomic mass is 79.9. The van der Waals surface area contributed by atoms with Crippen LogP contribution in [0.1, 0.15) is 36.4 Å². The molecule has 2 aliphatic heterocycles. The first-order valence-corrected chi connectivity index (χ1v) is 12.5. The first-order chi connectivity index (χ1) is 17.5. The molecule has 2 aromatic rings. The van der Waals surface area contributed by atoms with Crippen LogP contribution in [-0.2, 0) is 4.79 Å². The molecule has 2 N–H and O–H groups in total. The van der Waals surface area contributed by atoms with Crippen molar-refractivity contribution in [1.29, 1.82) is 0 Å². The summed E-state index contributed by atoms with van der Waals surface area (Å²) < 4.78 is 6.40. The fourth-order valence-corrected chi connectivity index (χ4v) is 5.00. The van der Waals surface area contributed by atoms with E-state index >= 15 is 0 Å². The van der Waals surface area contributed by atoms with E-state index in [0.29, 0.717) is 23.6 Å². The summed E-state index contributed by atoms with van der Waals surface area (Å²) in [5.74, 6) is 0.418. The van der Waals surface area contributed by atoms with E-state index in [-0.39, 0.29) is 25.0 Å². The number of benzene rings is 2. The van der Waals surface area contributed by atoms with Gasteiger partial charge in [0.15, 0.2) is 5.84 Å². The number of hydrogen-bond acceptors (Lipinski definition) is 6. The van der Waals surface area contributed by atoms with Gasteiger partial charge in [0, 0.05) is 16.8 Å². The highest BCUT2D eigenvalue weighted by molar-refractivity contribution is 9.11. The maximum Gasteiger partial charge on any atom is 0.325 e. The number of hydrogen-bond donors (Lipinski definition) is 2. The Labute approximate surface area is 217 Å². The second kappa shape index (κ2) is 10.2. The van der Waals surface area contributed by atoms with E-state index in [4.69, 9.17) is 19.8 Å². The number of allylic oxidation sites excluding steroid dienone is 4. The molecular weight excluding hydrogens is 524 g/mol. The lowest BCUT2D eigenvalue weighted by Crippen LogP contribution is -2.47. The standard InChI is InChI=1S/C27H25BrN4O4/c1-16(17-5-3-2-4-6-17)24(25-29-21-12-9-19(28)15-22(21)30-25)32-26(34)23(31-27(32)35)18-7-10-20(11-8-18)36-14-13-33/h2-12,16,23-24,33H,13-15H2,1H3,(H,31,35)/t16-,23+,24-/m0/s1. The average molecular weight is 549 g/mol. The molecule has 3 aliphatic rings. The summed E-state index contributed by atoms with van der Waals surface area (Å²) in [6, 6.07) is 14.7. The SMILES string of the molecule is C[C@@H](c1ccccc1)[C@@H](C1=NC2=CC=C(Br)CC2=N1)N1C(=O)N[C@H](c2ccc(OCCO)cc2)C1=O. The van der Waals surface area contributed by atoms with Crippen molar-refractivity contribution in [2.75, 3.05) is 13.2 Å². The van der Waals surface area contributed by atoms with Gasteiger partial charge in [-0.1, -0.05) is 65.3 Å². The molecule has 2 aromatic carbocycles. The van der Waals surface area contributed by atoms with Gasteiger partial charge in [-0.15, -0.1) is 0 Å². The van der Waals surface area contributed by atoms with Crippen LogP contribution in [0.3, 0.4) is 0 Å². The van der Waals surface area contributed by atoms with Gasteiger partial charge < -0.3 is 15.2 Å². The number of ether oxygens (including phenoxy) is 1. The number of amides is 3. The Morgan fingerprint density at radius 1 is 1.11 bits per heavy atom. The van der Waals surface area contributed by atoms with Gasteiger partial charge in [0.25, 0.3) is 5.91 Å². The molecule has 1 saturated heterocycles. The van der Waals surface area contributed by atoms with E-state index in [1.807, 2.05) is 49.4 Å². The van der Waals surface area contributed by atoms with Gasteiger partial charge >= 0.3 is 6.03 Å². The molecule has 3 amide bonds. The van der Waals surface area contributed by atoms with Gasteiger partial charge in [0.1, 0.15) is 24.4 Å². The Balaban J connectivity index is 1.48. The number of aliphatic hydroxyl groups is 1. The van der Waals surface area contributed by atoms with Crippen molar-refractivity contribution in [2.24, 2.45) is 9.98 Å². The maximum atomic E-state index is 13.7. The van der Waals surface area contributed by atoms with Gasteiger partial charge in [-0.2, -0.15) is 0 Å². The minimum absolute atomic E-state index is 0.0904. The van der Waals surface area contributed by atoms with Crippen molar-refractivity contribution in [1.82, 2.24) is 10.2 Å². The van der Waals surface area contributed by atoms with E-state index in [1.54, 1.807) is 24.3 Å². The summed E-state index contributed by atoms with van der Waals surface area (Å²) in [7, 11) is 0. The smallest absolute Gasteiger partial charge is 0.325 e. The minimum Gasteiger partial charge on any atom is -0.491 e. The highest BCUT2D eigenvalue weighted by Crippen LogP contribution is 2.34. The van der Waals surface area contributed by atoms with Crippen LogP contribution in [0.2, 0.25) is 0 Å². The predicted molar refractivity (Wildman–Crippen MR) is 140 cm³/mol. The monoisotopic (exact) mass is 548 g/mol. The third kappa shape index (κ3) is 4.64. The number of imide groups is 1. The zero-order valence-electron chi connectivity index (χ0n) is 19.6. The Morgan fingerprint density at radius 2 is 1.86 bits per heavy atom. The summed E-state index contributed by atoms with van der Waals surface area (Å²) in [5, 5.41) is 11.8. The van der Waals surface area contributed by atoms with Crippen LogP contribution in [-0.4, -0.2) is 52.7 Å². The van der Waals surface area contributed by atoms with Crippen molar-refractivity contribution < 1.29 is 19.4 Å². The number of amidine groups is 1. The van der Waals surface area contributed by atoms with Crippen LogP contribution in [0, 0.1) is 0 Å². The fourth-order valence-electron chi connectivity index (χ4n) is 4.60. The number of urea groups is 1. The Hall–Kier alpha value is -3.56. The van der Waals surface area contributed by atoms with Crippen molar-refractivity contribution in [3.8, 4) is 5.75 Å². The number of aliphatic imine (C=N–C) groups is 2. The lowest BCUT2D eigenvalue weighted by Gasteiger charge is -2.30. The van der Waals surface area contributed by atoms with Gasteiger partial charge in [-0.05, 0) is 35.4 Å². The molecule has 0 saturated carbocycles. The van der Waals surface area contributed by atoms with Crippen molar-refractivity contribution >= 4 is 39.4 Å². The molecular formula is C27H25BrN4O4. The van der Waals surface area contributed by atoms with Crippen LogP contribution in [0.4, 0.5) is 4.79 Å². The van der Waals surface area contributed by atoms with Crippen molar-refractivity contribution in [3.63, 3.8) is 0 Å². The van der Waals surface area contributed by atoms with E-state index in [0.717, 1.165) is 21.5 Å². The third-order valence-corrected chi connectivity index (χ3v) is 6.97. The number of carbonyl (C=O) groups excluding carboxylic acids is 2. The maximum absolute atomic E-state index is 13.7. The highest BCUT2D eigenvalue weighted by Gasteiger charge is 2.47. The molecule has 3 atom stereocenters. The molecule has 1 fully saturated rings. The number of rotatable bonds is 8. The molecule has 184 valence electrons. The molecule has 0 aromatic heterocycles. The summed E-state index contributed by atoms with van der Waals surface area (Å²) in [4.78, 5) is 37.8. The largest absolute Gasteiger partial charge is 0.491 e. The molecule has 0 unspecified atom stereocenters. The van der Waals surface area contributed by atoms with Crippen LogP contribution in [0.5, 0.6) is 5.75 Å². The van der Waals surface area contributed by atoms with Gasteiger partial charge in [0.05, 0.1) is 18.0 Å². The fraction of sp³-hybridized carbons (Fsp3) is 0.259. The minimum atomic E-state index is -0.832. The van der Waals surface area contributed by atoms with Crippen LogP contribution >= 0.6 is 15.9 Å². The third-order valence-electron chi connectivity index (χ3n) is 6.42. The van der Waals surface area contributed by atoms with Crippen LogP contribution in [0.25, 0.3) is 0 Å². The normalized spacial score (nSPS) is 20.6. The zero-order valence-corrected chi connectivity index (χ0v) is 21.2. The second-order valence-electron chi connectivity index (χ2n) is 8.75. The Kier molecular flexibility index (Phi) is 6.84. The number of fused-ring (bicyclic) bond motifs is 1. The van der Waals surface area contributed by atoms with E-state index in [2.05, 4.69) is 21.2 Å². The summed E-state index contributed by atoms with van der Waals surface area (Å²) in [6.07, 6.45) is 4.44. The van der Waals surface area contributed by atoms with Crippen molar-refractivity contribution in [3.05, 3.63) is 88.1 Å². The molecule has 0 bridgehead atoms. The first kappa shape index (κ1) is 24.1. The second-order valence-corrected chi connectivity index (χ2v) is 9.77. The van der Waals surface area contributed by atoms with Gasteiger partial charge in [0.2, 0.25) is 0 Å². The number of nitrogens with zero attached hydrogens (tertiary/aromatic N) is 3. The first-order valence-electron chi connectivity index (χ1n) is 11.7. The molecule has 2 heterocycles. The molecule has 8 nitrogen and oxygen atoms in total.